The van der Waals surface area contributed by atoms with Gasteiger partial charge in [-0.3, -0.25) is 4.68 Å². The van der Waals surface area contributed by atoms with E-state index in [4.69, 9.17) is 4.74 Å². The molecule has 0 aliphatic carbocycles. The first-order valence-electron chi connectivity index (χ1n) is 6.23. The number of aromatic nitrogens is 2. The van der Waals surface area contributed by atoms with Crippen LogP contribution in [0.4, 0.5) is 5.82 Å². The van der Waals surface area contributed by atoms with Crippen LogP contribution >= 0.6 is 0 Å². The molecule has 6 nitrogen and oxygen atoms in total. The van der Waals surface area contributed by atoms with Crippen molar-refractivity contribution in [1.82, 2.24) is 9.78 Å². The van der Waals surface area contributed by atoms with Crippen LogP contribution in [0.2, 0.25) is 0 Å². The maximum atomic E-state index is 11.4. The SMILES string of the molecule is Cc1nn(C)c(N2CC3CCC(C2)O3)c1C(=O)O. The third-order valence-corrected chi connectivity index (χ3v) is 3.75. The molecule has 0 aromatic carbocycles. The Labute approximate surface area is 105 Å². The van der Waals surface area contributed by atoms with Crippen LogP contribution in [0.3, 0.4) is 0 Å². The van der Waals surface area contributed by atoms with Gasteiger partial charge in [0.15, 0.2) is 0 Å². The number of carboxylic acid groups (broad SMARTS) is 1. The summed E-state index contributed by atoms with van der Waals surface area (Å²) >= 11 is 0. The van der Waals surface area contributed by atoms with Crippen molar-refractivity contribution in [1.29, 1.82) is 0 Å². The van der Waals surface area contributed by atoms with Gasteiger partial charge < -0.3 is 14.7 Å². The molecule has 0 radical (unpaired) electrons. The Hall–Kier alpha value is -1.56. The number of carboxylic acids is 1. The van der Waals surface area contributed by atoms with Crippen LogP contribution in [0.5, 0.6) is 0 Å². The predicted molar refractivity (Wildman–Crippen MR) is 65.0 cm³/mol. The summed E-state index contributed by atoms with van der Waals surface area (Å²) in [5.74, 6) is -0.199. The van der Waals surface area contributed by atoms with Crippen LogP contribution < -0.4 is 4.90 Å². The standard InChI is InChI=1S/C12H17N3O3/c1-7-10(12(16)17)11(14(2)13-7)15-5-8-3-4-9(6-15)18-8/h8-9H,3-6H2,1-2H3,(H,16,17). The number of carbonyl (C=O) groups is 1. The zero-order valence-electron chi connectivity index (χ0n) is 10.6. The van der Waals surface area contributed by atoms with E-state index in [1.807, 2.05) is 0 Å². The van der Waals surface area contributed by atoms with Crippen LogP contribution in [0, 0.1) is 6.92 Å². The molecule has 18 heavy (non-hydrogen) atoms. The van der Waals surface area contributed by atoms with E-state index < -0.39 is 5.97 Å². The number of hydrogen-bond acceptors (Lipinski definition) is 4. The number of rotatable bonds is 2. The summed E-state index contributed by atoms with van der Waals surface area (Å²) in [6, 6.07) is 0. The number of ether oxygens (including phenoxy) is 1. The molecule has 1 aromatic rings. The van der Waals surface area contributed by atoms with Crippen molar-refractivity contribution in [2.24, 2.45) is 7.05 Å². The zero-order chi connectivity index (χ0) is 12.9. The topological polar surface area (TPSA) is 67.6 Å². The molecule has 3 rings (SSSR count). The molecular weight excluding hydrogens is 234 g/mol. The fourth-order valence-corrected chi connectivity index (χ4v) is 3.05. The molecule has 2 saturated heterocycles. The molecule has 0 saturated carbocycles. The largest absolute Gasteiger partial charge is 0.477 e. The van der Waals surface area contributed by atoms with Crippen molar-refractivity contribution in [2.45, 2.75) is 32.0 Å². The highest BCUT2D eigenvalue weighted by Crippen LogP contribution is 2.32. The number of anilines is 1. The molecule has 2 aliphatic rings. The molecule has 1 aromatic heterocycles. The van der Waals surface area contributed by atoms with Gasteiger partial charge in [0.25, 0.3) is 0 Å². The number of aromatic carboxylic acids is 1. The Balaban J connectivity index is 1.99. The second-order valence-electron chi connectivity index (χ2n) is 5.08. The van der Waals surface area contributed by atoms with E-state index in [9.17, 15) is 9.90 Å². The zero-order valence-corrected chi connectivity index (χ0v) is 10.6. The summed E-state index contributed by atoms with van der Waals surface area (Å²) in [4.78, 5) is 13.5. The number of morpholine rings is 1. The van der Waals surface area contributed by atoms with Gasteiger partial charge in [-0.15, -0.1) is 0 Å². The van der Waals surface area contributed by atoms with Gasteiger partial charge in [-0.2, -0.15) is 5.10 Å². The molecule has 1 N–H and O–H groups in total. The van der Waals surface area contributed by atoms with Gasteiger partial charge in [-0.1, -0.05) is 0 Å². The summed E-state index contributed by atoms with van der Waals surface area (Å²) in [6.45, 7) is 3.26. The van der Waals surface area contributed by atoms with E-state index in [-0.39, 0.29) is 12.2 Å². The van der Waals surface area contributed by atoms with Crippen molar-refractivity contribution < 1.29 is 14.6 Å². The molecule has 6 heteroatoms. The summed E-state index contributed by atoms with van der Waals surface area (Å²) in [6.07, 6.45) is 2.61. The van der Waals surface area contributed by atoms with E-state index in [1.54, 1.807) is 18.7 Å². The minimum absolute atomic E-state index is 0.237. The molecule has 0 spiro atoms. The van der Waals surface area contributed by atoms with Gasteiger partial charge in [0, 0.05) is 20.1 Å². The van der Waals surface area contributed by atoms with Crippen molar-refractivity contribution in [3.8, 4) is 0 Å². The normalized spacial score (nSPS) is 26.7. The lowest BCUT2D eigenvalue weighted by atomic mass is 10.2. The van der Waals surface area contributed by atoms with Crippen molar-refractivity contribution in [2.75, 3.05) is 18.0 Å². The highest BCUT2D eigenvalue weighted by molar-refractivity contribution is 5.94. The Kier molecular flexibility index (Phi) is 2.55. The molecule has 2 atom stereocenters. The number of fused-ring (bicyclic) bond motifs is 2. The Morgan fingerprint density at radius 2 is 2.00 bits per heavy atom. The first-order valence-corrected chi connectivity index (χ1v) is 6.23. The van der Waals surface area contributed by atoms with Crippen LogP contribution in [-0.4, -0.2) is 46.2 Å². The first kappa shape index (κ1) is 11.5. The van der Waals surface area contributed by atoms with E-state index in [1.165, 1.54) is 0 Å². The smallest absolute Gasteiger partial charge is 0.341 e. The number of nitrogens with zero attached hydrogens (tertiary/aromatic N) is 3. The average molecular weight is 251 g/mol. The van der Waals surface area contributed by atoms with Gasteiger partial charge in [-0.25, -0.2) is 4.79 Å². The van der Waals surface area contributed by atoms with E-state index in [0.717, 1.165) is 25.9 Å². The third-order valence-electron chi connectivity index (χ3n) is 3.75. The lowest BCUT2D eigenvalue weighted by Crippen LogP contribution is -2.44. The highest BCUT2D eigenvalue weighted by atomic mass is 16.5. The van der Waals surface area contributed by atoms with Crippen LogP contribution in [0.15, 0.2) is 0 Å². The molecule has 2 fully saturated rings. The second kappa shape index (κ2) is 3.98. The van der Waals surface area contributed by atoms with E-state index in [0.29, 0.717) is 17.1 Å². The van der Waals surface area contributed by atoms with Crippen molar-refractivity contribution in [3.05, 3.63) is 11.3 Å². The van der Waals surface area contributed by atoms with Gasteiger partial charge >= 0.3 is 5.97 Å². The molecule has 2 aliphatic heterocycles. The fraction of sp³-hybridized carbons (Fsp3) is 0.667. The Morgan fingerprint density at radius 3 is 2.56 bits per heavy atom. The summed E-state index contributed by atoms with van der Waals surface area (Å²) in [5, 5.41) is 13.6. The predicted octanol–water partition coefficient (Wildman–Crippen LogP) is 0.794. The number of hydrogen-bond donors (Lipinski definition) is 1. The quantitative estimate of drug-likeness (QED) is 0.842. The molecule has 2 unspecified atom stereocenters. The summed E-state index contributed by atoms with van der Waals surface area (Å²) in [7, 11) is 1.80. The van der Waals surface area contributed by atoms with Crippen molar-refractivity contribution >= 4 is 11.8 Å². The minimum Gasteiger partial charge on any atom is -0.477 e. The van der Waals surface area contributed by atoms with E-state index in [2.05, 4.69) is 10.00 Å². The van der Waals surface area contributed by atoms with Gasteiger partial charge in [-0.05, 0) is 19.8 Å². The third kappa shape index (κ3) is 1.68. The molecule has 0 amide bonds. The van der Waals surface area contributed by atoms with Crippen LogP contribution in [0.1, 0.15) is 28.9 Å². The maximum Gasteiger partial charge on any atom is 0.341 e. The summed E-state index contributed by atoms with van der Waals surface area (Å²) < 4.78 is 7.45. The molecular formula is C12H17N3O3. The van der Waals surface area contributed by atoms with Crippen LogP contribution in [-0.2, 0) is 11.8 Å². The Morgan fingerprint density at radius 1 is 1.39 bits per heavy atom. The van der Waals surface area contributed by atoms with Crippen LogP contribution in [0.25, 0.3) is 0 Å². The van der Waals surface area contributed by atoms with Gasteiger partial charge in [0.1, 0.15) is 11.4 Å². The molecule has 3 heterocycles. The lowest BCUT2D eigenvalue weighted by molar-refractivity contribution is 0.0298. The molecule has 2 bridgehead atoms. The molecule has 98 valence electrons. The first-order chi connectivity index (χ1) is 8.56. The summed E-state index contributed by atoms with van der Waals surface area (Å²) in [5.41, 5.74) is 0.887. The second-order valence-corrected chi connectivity index (χ2v) is 5.08. The van der Waals surface area contributed by atoms with Crippen molar-refractivity contribution in [3.63, 3.8) is 0 Å². The van der Waals surface area contributed by atoms with Gasteiger partial charge in [0.2, 0.25) is 0 Å². The fourth-order valence-electron chi connectivity index (χ4n) is 3.05. The van der Waals surface area contributed by atoms with E-state index >= 15 is 0 Å². The lowest BCUT2D eigenvalue weighted by Gasteiger charge is -2.33. The minimum atomic E-state index is -0.908. The monoisotopic (exact) mass is 251 g/mol. The maximum absolute atomic E-state index is 11.4. The number of aryl methyl sites for hydroxylation is 2. The highest BCUT2D eigenvalue weighted by Gasteiger charge is 2.36. The Bertz CT molecular complexity index is 485. The van der Waals surface area contributed by atoms with Gasteiger partial charge in [0.05, 0.1) is 17.9 Å². The average Bonchev–Trinajstić information content (AvgIpc) is 2.78.